The Morgan fingerprint density at radius 1 is 1.00 bits per heavy atom. The molecule has 0 radical (unpaired) electrons. The highest BCUT2D eigenvalue weighted by molar-refractivity contribution is 5.77. The summed E-state index contributed by atoms with van der Waals surface area (Å²) in [6.07, 6.45) is 10.4. The number of methoxy groups -OCH3 is 1. The molecule has 8 heteroatoms. The average Bonchev–Trinajstić information content (AvgIpc) is 3.48. The van der Waals surface area contributed by atoms with Crippen molar-refractivity contribution in [2.75, 3.05) is 13.7 Å². The van der Waals surface area contributed by atoms with Crippen LogP contribution in [-0.2, 0) is 11.3 Å². The number of fused-ring (bicyclic) bond motifs is 1. The standard InChI is InChI=1S/C22H21FN6O/c1-30-7-3-6-29-13-28-19-9-14(8-18(23)20(19)29)16-10-17(16)15-11-26-22(27-12-15)21-24-4-2-5-25-21/h2,4-5,8-9,11-13,16-17H,3,6-7,10H2,1H3/t16-,17+/m0/s1. The molecule has 3 heterocycles. The normalized spacial score (nSPS) is 18.1. The van der Waals surface area contributed by atoms with Crippen LogP contribution < -0.4 is 0 Å². The zero-order valence-corrected chi connectivity index (χ0v) is 16.6. The van der Waals surface area contributed by atoms with Gasteiger partial charge in [-0.25, -0.2) is 29.3 Å². The van der Waals surface area contributed by atoms with Crippen LogP contribution >= 0.6 is 0 Å². The molecule has 0 N–H and O–H groups in total. The number of hydrogen-bond donors (Lipinski definition) is 0. The van der Waals surface area contributed by atoms with E-state index < -0.39 is 0 Å². The molecule has 1 aromatic carbocycles. The monoisotopic (exact) mass is 404 g/mol. The lowest BCUT2D eigenvalue weighted by Gasteiger charge is -2.07. The number of imidazole rings is 1. The van der Waals surface area contributed by atoms with Crippen LogP contribution in [0, 0.1) is 5.82 Å². The number of rotatable bonds is 7. The Morgan fingerprint density at radius 2 is 1.73 bits per heavy atom. The summed E-state index contributed by atoms with van der Waals surface area (Å²) in [5, 5.41) is 0. The van der Waals surface area contributed by atoms with E-state index in [1.54, 1.807) is 38.0 Å². The molecule has 1 aliphatic carbocycles. The van der Waals surface area contributed by atoms with Crippen molar-refractivity contribution in [3.8, 4) is 11.6 Å². The van der Waals surface area contributed by atoms with Gasteiger partial charge in [-0.1, -0.05) is 0 Å². The van der Waals surface area contributed by atoms with Crippen LogP contribution in [0.15, 0.2) is 49.3 Å². The van der Waals surface area contributed by atoms with Crippen LogP contribution in [0.3, 0.4) is 0 Å². The summed E-state index contributed by atoms with van der Waals surface area (Å²) in [4.78, 5) is 21.6. The Morgan fingerprint density at radius 3 is 2.50 bits per heavy atom. The first-order valence-corrected chi connectivity index (χ1v) is 9.97. The maximum absolute atomic E-state index is 14.9. The van der Waals surface area contributed by atoms with Crippen LogP contribution in [0.5, 0.6) is 0 Å². The molecule has 0 unspecified atom stereocenters. The Balaban J connectivity index is 1.34. The average molecular weight is 404 g/mol. The first-order chi connectivity index (χ1) is 14.7. The summed E-state index contributed by atoms with van der Waals surface area (Å²) in [5.74, 6) is 1.32. The van der Waals surface area contributed by atoms with Gasteiger partial charge in [0.25, 0.3) is 0 Å². The van der Waals surface area contributed by atoms with Gasteiger partial charge in [-0.3, -0.25) is 0 Å². The second kappa shape index (κ2) is 7.87. The fourth-order valence-corrected chi connectivity index (χ4v) is 3.93. The Hall–Kier alpha value is -3.26. The molecule has 1 saturated carbocycles. The lowest BCUT2D eigenvalue weighted by Crippen LogP contribution is -2.01. The van der Waals surface area contributed by atoms with Gasteiger partial charge < -0.3 is 9.30 Å². The molecule has 7 nitrogen and oxygen atoms in total. The third-order valence-corrected chi connectivity index (χ3v) is 5.52. The van der Waals surface area contributed by atoms with E-state index >= 15 is 0 Å². The van der Waals surface area contributed by atoms with Gasteiger partial charge in [0.2, 0.25) is 0 Å². The lowest BCUT2D eigenvalue weighted by molar-refractivity contribution is 0.190. The van der Waals surface area contributed by atoms with Crippen molar-refractivity contribution in [3.05, 3.63) is 66.3 Å². The minimum Gasteiger partial charge on any atom is -0.385 e. The van der Waals surface area contributed by atoms with Gasteiger partial charge in [-0.05, 0) is 54.0 Å². The predicted molar refractivity (Wildman–Crippen MR) is 109 cm³/mol. The van der Waals surface area contributed by atoms with Gasteiger partial charge in [-0.2, -0.15) is 0 Å². The van der Waals surface area contributed by atoms with E-state index in [-0.39, 0.29) is 17.7 Å². The van der Waals surface area contributed by atoms with Crippen LogP contribution in [0.4, 0.5) is 4.39 Å². The highest BCUT2D eigenvalue weighted by Crippen LogP contribution is 2.54. The highest BCUT2D eigenvalue weighted by Gasteiger charge is 2.40. The smallest absolute Gasteiger partial charge is 0.197 e. The van der Waals surface area contributed by atoms with Crippen molar-refractivity contribution in [3.63, 3.8) is 0 Å². The Labute approximate surface area is 173 Å². The third-order valence-electron chi connectivity index (χ3n) is 5.52. The van der Waals surface area contributed by atoms with Crippen molar-refractivity contribution in [1.82, 2.24) is 29.5 Å². The minimum absolute atomic E-state index is 0.226. The van der Waals surface area contributed by atoms with Crippen LogP contribution in [0.2, 0.25) is 0 Å². The SMILES string of the molecule is COCCCn1cnc2cc([C@@H]3C[C@@H]3c3cnc(-c4ncccn4)nc3)cc(F)c21. The summed E-state index contributed by atoms with van der Waals surface area (Å²) in [7, 11) is 1.67. The molecule has 3 aromatic heterocycles. The van der Waals surface area contributed by atoms with Crippen molar-refractivity contribution >= 4 is 11.0 Å². The number of nitrogens with zero attached hydrogens (tertiary/aromatic N) is 6. The molecule has 0 aliphatic heterocycles. The van der Waals surface area contributed by atoms with E-state index in [0.717, 1.165) is 24.0 Å². The maximum Gasteiger partial charge on any atom is 0.197 e. The first kappa shape index (κ1) is 18.7. The zero-order chi connectivity index (χ0) is 20.5. The molecule has 0 spiro atoms. The molecule has 2 atom stereocenters. The van der Waals surface area contributed by atoms with Crippen molar-refractivity contribution in [2.24, 2.45) is 0 Å². The molecular formula is C22H21FN6O. The van der Waals surface area contributed by atoms with Gasteiger partial charge in [0, 0.05) is 45.0 Å². The molecule has 0 saturated heterocycles. The second-order valence-corrected chi connectivity index (χ2v) is 7.52. The van der Waals surface area contributed by atoms with Gasteiger partial charge in [-0.15, -0.1) is 0 Å². The minimum atomic E-state index is -0.226. The number of hydrogen-bond acceptors (Lipinski definition) is 6. The van der Waals surface area contributed by atoms with Gasteiger partial charge >= 0.3 is 0 Å². The number of halogens is 1. The fraction of sp³-hybridized carbons (Fsp3) is 0.318. The molecular weight excluding hydrogens is 383 g/mol. The van der Waals surface area contributed by atoms with Gasteiger partial charge in [0.05, 0.1) is 11.8 Å². The molecule has 0 amide bonds. The van der Waals surface area contributed by atoms with Crippen molar-refractivity contribution in [1.29, 1.82) is 0 Å². The highest BCUT2D eigenvalue weighted by atomic mass is 19.1. The van der Waals surface area contributed by atoms with E-state index in [9.17, 15) is 4.39 Å². The number of ether oxygens (including phenoxy) is 1. The lowest BCUT2D eigenvalue weighted by atomic mass is 10.1. The third kappa shape index (κ3) is 3.54. The van der Waals surface area contributed by atoms with E-state index in [2.05, 4.69) is 24.9 Å². The maximum atomic E-state index is 14.9. The van der Waals surface area contributed by atoms with Crippen LogP contribution in [0.1, 0.15) is 35.8 Å². The van der Waals surface area contributed by atoms with Crippen molar-refractivity contribution in [2.45, 2.75) is 31.2 Å². The van der Waals surface area contributed by atoms with Crippen LogP contribution in [-0.4, -0.2) is 43.2 Å². The Kier molecular flexibility index (Phi) is 4.92. The van der Waals surface area contributed by atoms with Crippen molar-refractivity contribution < 1.29 is 9.13 Å². The molecule has 1 fully saturated rings. The summed E-state index contributed by atoms with van der Waals surface area (Å²) in [6, 6.07) is 5.41. The van der Waals surface area contributed by atoms with Crippen LogP contribution in [0.25, 0.3) is 22.7 Å². The summed E-state index contributed by atoms with van der Waals surface area (Å²) < 4.78 is 21.8. The molecule has 0 bridgehead atoms. The molecule has 152 valence electrons. The zero-order valence-electron chi connectivity index (χ0n) is 16.6. The topological polar surface area (TPSA) is 78.6 Å². The molecule has 4 aromatic rings. The van der Waals surface area contributed by atoms with Gasteiger partial charge in [0.1, 0.15) is 11.3 Å². The second-order valence-electron chi connectivity index (χ2n) is 7.52. The number of aromatic nitrogens is 6. The number of benzene rings is 1. The van der Waals surface area contributed by atoms with Gasteiger partial charge in [0.15, 0.2) is 11.6 Å². The van der Waals surface area contributed by atoms with E-state index in [4.69, 9.17) is 4.74 Å². The molecule has 30 heavy (non-hydrogen) atoms. The summed E-state index contributed by atoms with van der Waals surface area (Å²) >= 11 is 0. The van der Waals surface area contributed by atoms with E-state index in [1.807, 2.05) is 23.0 Å². The summed E-state index contributed by atoms with van der Waals surface area (Å²) in [5.41, 5.74) is 3.27. The Bertz CT molecular complexity index is 1160. The predicted octanol–water partition coefficient (Wildman–Crippen LogP) is 3.73. The van der Waals surface area contributed by atoms with E-state index in [1.165, 1.54) is 0 Å². The molecule has 5 rings (SSSR count). The molecule has 1 aliphatic rings. The fourth-order valence-electron chi connectivity index (χ4n) is 3.93. The summed E-state index contributed by atoms with van der Waals surface area (Å²) in [6.45, 7) is 1.32. The first-order valence-electron chi connectivity index (χ1n) is 9.97. The largest absolute Gasteiger partial charge is 0.385 e. The van der Waals surface area contributed by atoms with E-state index in [0.29, 0.717) is 35.8 Å². The quantitative estimate of drug-likeness (QED) is 0.437. The number of aryl methyl sites for hydroxylation is 1.